The van der Waals surface area contributed by atoms with Crippen LogP contribution in [0.5, 0.6) is 0 Å². The Labute approximate surface area is 64.6 Å². The van der Waals surface area contributed by atoms with Crippen LogP contribution in [0.2, 0.25) is 0 Å². The van der Waals surface area contributed by atoms with E-state index in [0.717, 1.165) is 12.8 Å². The molecule has 0 rings (SSSR count). The number of hydrogen-bond donors (Lipinski definition) is 0. The lowest BCUT2D eigenvalue weighted by Crippen LogP contribution is -1.82. The lowest BCUT2D eigenvalue weighted by atomic mass is 10.0. The summed E-state index contributed by atoms with van der Waals surface area (Å²) in [5.74, 6) is 0. The Kier molecular flexibility index (Phi) is 5.00. The topological polar surface area (TPSA) is 0 Å². The van der Waals surface area contributed by atoms with Gasteiger partial charge in [0.2, 0.25) is 0 Å². The second-order valence-corrected chi connectivity index (χ2v) is 2.65. The first-order chi connectivity index (χ1) is 4.72. The molecule has 0 heterocycles. The summed E-state index contributed by atoms with van der Waals surface area (Å²) in [4.78, 5) is 0. The first-order valence-corrected chi connectivity index (χ1v) is 4.07. The summed E-state index contributed by atoms with van der Waals surface area (Å²) in [6, 6.07) is 0. The fourth-order valence-corrected chi connectivity index (χ4v) is 0.949. The molecule has 0 radical (unpaired) electrons. The average Bonchev–Trinajstić information content (AvgIpc) is 1.89. The zero-order chi connectivity index (χ0) is 7.98. The van der Waals surface area contributed by atoms with E-state index in [2.05, 4.69) is 33.4 Å². The minimum Gasteiger partial charge on any atom is -0.0956 e. The van der Waals surface area contributed by atoms with Crippen molar-refractivity contribution in [3.8, 4) is 0 Å². The van der Waals surface area contributed by atoms with Crippen LogP contribution in [0.1, 0.15) is 40.0 Å². The predicted octanol–water partition coefficient (Wildman–Crippen LogP) is 3.70. The highest BCUT2D eigenvalue weighted by Gasteiger charge is 1.92. The monoisotopic (exact) mass is 138 g/mol. The average molecular weight is 138 g/mol. The highest BCUT2D eigenvalue weighted by atomic mass is 14.0. The third-order valence-corrected chi connectivity index (χ3v) is 1.62. The van der Waals surface area contributed by atoms with Crippen molar-refractivity contribution >= 4 is 0 Å². The Hall–Kier alpha value is -0.520. The summed E-state index contributed by atoms with van der Waals surface area (Å²) in [5, 5.41) is 0. The van der Waals surface area contributed by atoms with Crippen LogP contribution in [0.3, 0.4) is 0 Å². The van der Waals surface area contributed by atoms with E-state index in [1.54, 1.807) is 0 Å². The minimum atomic E-state index is 1.12. The van der Waals surface area contributed by atoms with Gasteiger partial charge in [0, 0.05) is 0 Å². The van der Waals surface area contributed by atoms with E-state index in [1.807, 2.05) is 0 Å². The molecule has 0 bridgehead atoms. The molecule has 58 valence electrons. The van der Waals surface area contributed by atoms with Crippen LogP contribution < -0.4 is 0 Å². The van der Waals surface area contributed by atoms with Crippen molar-refractivity contribution in [1.29, 1.82) is 0 Å². The molecular formula is C10H18. The molecule has 0 aliphatic rings. The molecule has 0 fully saturated rings. The number of hydrogen-bond acceptors (Lipinski definition) is 0. The van der Waals surface area contributed by atoms with Gasteiger partial charge in [0.05, 0.1) is 0 Å². The number of rotatable bonds is 4. The second kappa shape index (κ2) is 5.28. The van der Waals surface area contributed by atoms with Crippen LogP contribution in [0.15, 0.2) is 23.8 Å². The Balaban J connectivity index is 3.82. The molecular weight excluding hydrogens is 120 g/mol. The van der Waals surface area contributed by atoms with Crippen molar-refractivity contribution in [1.82, 2.24) is 0 Å². The molecule has 0 aromatic rings. The lowest BCUT2D eigenvalue weighted by Gasteiger charge is -2.02. The first kappa shape index (κ1) is 9.48. The molecule has 0 unspecified atom stereocenters. The van der Waals surface area contributed by atoms with Gasteiger partial charge in [0.15, 0.2) is 0 Å². The maximum atomic E-state index is 3.99. The SMILES string of the molecule is C=C(CCC)C(C)=CCC. The Morgan fingerprint density at radius 3 is 2.40 bits per heavy atom. The minimum absolute atomic E-state index is 1.12. The summed E-state index contributed by atoms with van der Waals surface area (Å²) in [5.41, 5.74) is 2.66. The van der Waals surface area contributed by atoms with E-state index < -0.39 is 0 Å². The van der Waals surface area contributed by atoms with E-state index in [9.17, 15) is 0 Å². The van der Waals surface area contributed by atoms with Gasteiger partial charge in [0.25, 0.3) is 0 Å². The molecule has 0 amide bonds. The van der Waals surface area contributed by atoms with E-state index in [-0.39, 0.29) is 0 Å². The molecule has 0 aliphatic carbocycles. The summed E-state index contributed by atoms with van der Waals surface area (Å²) >= 11 is 0. The maximum Gasteiger partial charge on any atom is -0.0285 e. The summed E-state index contributed by atoms with van der Waals surface area (Å²) < 4.78 is 0. The number of allylic oxidation sites excluding steroid dienone is 3. The van der Waals surface area contributed by atoms with Gasteiger partial charge < -0.3 is 0 Å². The highest BCUT2D eigenvalue weighted by Crippen LogP contribution is 2.12. The summed E-state index contributed by atoms with van der Waals surface area (Å²) in [6.45, 7) is 10.5. The third kappa shape index (κ3) is 3.49. The van der Waals surface area contributed by atoms with Crippen LogP contribution in [-0.4, -0.2) is 0 Å². The van der Waals surface area contributed by atoms with Gasteiger partial charge in [-0.05, 0) is 19.8 Å². The molecule has 0 aromatic carbocycles. The maximum absolute atomic E-state index is 3.99. The lowest BCUT2D eigenvalue weighted by molar-refractivity contribution is 0.912. The Morgan fingerprint density at radius 1 is 1.40 bits per heavy atom. The van der Waals surface area contributed by atoms with Gasteiger partial charge >= 0.3 is 0 Å². The summed E-state index contributed by atoms with van der Waals surface area (Å²) in [7, 11) is 0. The van der Waals surface area contributed by atoms with Gasteiger partial charge in [-0.1, -0.05) is 44.1 Å². The van der Waals surface area contributed by atoms with Gasteiger partial charge in [-0.15, -0.1) is 0 Å². The molecule has 0 aliphatic heterocycles. The molecule has 0 saturated heterocycles. The van der Waals surface area contributed by atoms with E-state index >= 15 is 0 Å². The fraction of sp³-hybridized carbons (Fsp3) is 0.600. The predicted molar refractivity (Wildman–Crippen MR) is 48.1 cm³/mol. The van der Waals surface area contributed by atoms with E-state index in [4.69, 9.17) is 0 Å². The molecule has 10 heavy (non-hydrogen) atoms. The highest BCUT2D eigenvalue weighted by molar-refractivity contribution is 5.25. The first-order valence-electron chi connectivity index (χ1n) is 4.07. The Bertz CT molecular complexity index is 129. The second-order valence-electron chi connectivity index (χ2n) is 2.65. The third-order valence-electron chi connectivity index (χ3n) is 1.62. The van der Waals surface area contributed by atoms with Crippen molar-refractivity contribution < 1.29 is 0 Å². The van der Waals surface area contributed by atoms with Gasteiger partial charge in [0.1, 0.15) is 0 Å². The zero-order valence-corrected chi connectivity index (χ0v) is 7.41. The van der Waals surface area contributed by atoms with Crippen molar-refractivity contribution in [2.45, 2.75) is 40.0 Å². The fourth-order valence-electron chi connectivity index (χ4n) is 0.949. The summed E-state index contributed by atoms with van der Waals surface area (Å²) in [6.07, 6.45) is 5.70. The smallest absolute Gasteiger partial charge is 0.0285 e. The molecule has 0 N–H and O–H groups in total. The van der Waals surface area contributed by atoms with Crippen molar-refractivity contribution in [2.24, 2.45) is 0 Å². The van der Waals surface area contributed by atoms with Crippen LogP contribution in [-0.2, 0) is 0 Å². The molecule has 0 aromatic heterocycles. The zero-order valence-electron chi connectivity index (χ0n) is 7.41. The quantitative estimate of drug-likeness (QED) is 0.520. The van der Waals surface area contributed by atoms with Crippen LogP contribution in [0.25, 0.3) is 0 Å². The molecule has 0 saturated carbocycles. The van der Waals surface area contributed by atoms with Crippen LogP contribution in [0, 0.1) is 0 Å². The van der Waals surface area contributed by atoms with Crippen molar-refractivity contribution in [2.75, 3.05) is 0 Å². The Morgan fingerprint density at radius 2 is 2.00 bits per heavy atom. The molecule has 0 atom stereocenters. The normalized spacial score (nSPS) is 11.7. The van der Waals surface area contributed by atoms with Crippen molar-refractivity contribution in [3.63, 3.8) is 0 Å². The molecule has 0 spiro atoms. The van der Waals surface area contributed by atoms with E-state index in [1.165, 1.54) is 17.6 Å². The van der Waals surface area contributed by atoms with Gasteiger partial charge in [-0.25, -0.2) is 0 Å². The van der Waals surface area contributed by atoms with Gasteiger partial charge in [-0.3, -0.25) is 0 Å². The largest absolute Gasteiger partial charge is 0.0956 e. The van der Waals surface area contributed by atoms with Gasteiger partial charge in [-0.2, -0.15) is 0 Å². The van der Waals surface area contributed by atoms with Crippen LogP contribution in [0.4, 0.5) is 0 Å². The standard InChI is InChI=1S/C10H18/c1-5-7-9(3)10(4)8-6-2/h8H,3,5-7H2,1-2,4H3. The van der Waals surface area contributed by atoms with E-state index in [0.29, 0.717) is 0 Å². The van der Waals surface area contributed by atoms with Crippen molar-refractivity contribution in [3.05, 3.63) is 23.8 Å². The molecule has 0 heteroatoms. The van der Waals surface area contributed by atoms with Crippen LogP contribution >= 0.6 is 0 Å². The molecule has 0 nitrogen and oxygen atoms in total.